The first kappa shape index (κ1) is 14.5. The third-order valence-electron chi connectivity index (χ3n) is 2.74. The molecule has 18 heavy (non-hydrogen) atoms. The van der Waals surface area contributed by atoms with Gasteiger partial charge in [-0.1, -0.05) is 23.7 Å². The van der Waals surface area contributed by atoms with Crippen LogP contribution in [0.4, 0.5) is 0 Å². The quantitative estimate of drug-likeness (QED) is 0.710. The van der Waals surface area contributed by atoms with Crippen molar-refractivity contribution in [1.82, 2.24) is 5.32 Å². The van der Waals surface area contributed by atoms with Gasteiger partial charge in [0, 0.05) is 21.8 Å². The van der Waals surface area contributed by atoms with E-state index in [0.717, 1.165) is 25.3 Å². The van der Waals surface area contributed by atoms with Crippen LogP contribution in [0.5, 0.6) is 0 Å². The molecule has 1 nitrogen and oxygen atoms in total. The molecule has 0 fully saturated rings. The standard InChI is InChI=1S/C13H12Br2ClNS/c1-17-11(7-8-5-6-12(15)18-8)9-3-2-4-10(14)13(9)16/h2-6,11,17H,7H2,1H3. The summed E-state index contributed by atoms with van der Waals surface area (Å²) in [6.07, 6.45) is 0.933. The Bertz CT molecular complexity index is 542. The Morgan fingerprint density at radius 1 is 1.28 bits per heavy atom. The van der Waals surface area contributed by atoms with Crippen LogP contribution in [0.25, 0.3) is 0 Å². The first-order valence-electron chi connectivity index (χ1n) is 5.47. The van der Waals surface area contributed by atoms with Crippen LogP contribution in [0.2, 0.25) is 5.02 Å². The number of thiophene rings is 1. The second kappa shape index (κ2) is 6.53. The topological polar surface area (TPSA) is 12.0 Å². The number of halogens is 3. The summed E-state index contributed by atoms with van der Waals surface area (Å²) in [6, 6.07) is 10.5. The molecule has 0 aliphatic heterocycles. The number of hydrogen-bond donors (Lipinski definition) is 1. The molecule has 0 aliphatic carbocycles. The maximum absolute atomic E-state index is 6.35. The highest BCUT2D eigenvalue weighted by atomic mass is 79.9. The minimum Gasteiger partial charge on any atom is -0.313 e. The van der Waals surface area contributed by atoms with Crippen molar-refractivity contribution in [2.45, 2.75) is 12.5 Å². The molecule has 1 aromatic carbocycles. The normalized spacial score (nSPS) is 12.7. The Balaban J connectivity index is 2.25. The molecule has 5 heteroatoms. The predicted octanol–water partition coefficient (Wildman–Crippen LogP) is 5.43. The van der Waals surface area contributed by atoms with Crippen LogP contribution < -0.4 is 5.32 Å². The highest BCUT2D eigenvalue weighted by Crippen LogP contribution is 2.33. The van der Waals surface area contributed by atoms with Gasteiger partial charge in [0.2, 0.25) is 0 Å². The van der Waals surface area contributed by atoms with Gasteiger partial charge in [0.25, 0.3) is 0 Å². The summed E-state index contributed by atoms with van der Waals surface area (Å²) >= 11 is 15.1. The molecular weight excluding hydrogens is 397 g/mol. The van der Waals surface area contributed by atoms with Crippen molar-refractivity contribution in [1.29, 1.82) is 0 Å². The number of hydrogen-bond acceptors (Lipinski definition) is 2. The van der Waals surface area contributed by atoms with Gasteiger partial charge in [0.15, 0.2) is 0 Å². The van der Waals surface area contributed by atoms with E-state index in [1.165, 1.54) is 4.88 Å². The number of benzene rings is 1. The maximum atomic E-state index is 6.35. The smallest absolute Gasteiger partial charge is 0.0701 e. The molecule has 0 saturated heterocycles. The first-order valence-corrected chi connectivity index (χ1v) is 8.25. The summed E-state index contributed by atoms with van der Waals surface area (Å²) in [5.41, 5.74) is 1.12. The van der Waals surface area contributed by atoms with Gasteiger partial charge in [-0.25, -0.2) is 0 Å². The summed E-state index contributed by atoms with van der Waals surface area (Å²) in [4.78, 5) is 1.33. The van der Waals surface area contributed by atoms with Gasteiger partial charge in [0.05, 0.1) is 8.81 Å². The minimum atomic E-state index is 0.223. The Morgan fingerprint density at radius 2 is 2.06 bits per heavy atom. The van der Waals surface area contributed by atoms with E-state index in [-0.39, 0.29) is 6.04 Å². The average Bonchev–Trinajstić information content (AvgIpc) is 2.76. The lowest BCUT2D eigenvalue weighted by molar-refractivity contribution is 0.596. The zero-order valence-electron chi connectivity index (χ0n) is 9.71. The largest absolute Gasteiger partial charge is 0.313 e. The van der Waals surface area contributed by atoms with Gasteiger partial charge < -0.3 is 5.32 Å². The van der Waals surface area contributed by atoms with Crippen LogP contribution in [0, 0.1) is 0 Å². The fourth-order valence-electron chi connectivity index (χ4n) is 1.82. The Kier molecular flexibility index (Phi) is 5.27. The van der Waals surface area contributed by atoms with Crippen molar-refractivity contribution in [3.63, 3.8) is 0 Å². The molecule has 1 aromatic heterocycles. The first-order chi connectivity index (χ1) is 8.61. The summed E-state index contributed by atoms with van der Waals surface area (Å²) in [7, 11) is 1.96. The molecule has 1 unspecified atom stereocenters. The minimum absolute atomic E-state index is 0.223. The highest BCUT2D eigenvalue weighted by Gasteiger charge is 2.15. The van der Waals surface area contributed by atoms with Crippen LogP contribution in [-0.2, 0) is 6.42 Å². The predicted molar refractivity (Wildman–Crippen MR) is 86.7 cm³/mol. The molecule has 0 spiro atoms. The Morgan fingerprint density at radius 3 is 2.67 bits per heavy atom. The number of likely N-dealkylation sites (N-methyl/N-ethyl adjacent to an activating group) is 1. The van der Waals surface area contributed by atoms with Crippen LogP contribution >= 0.6 is 54.8 Å². The number of rotatable bonds is 4. The van der Waals surface area contributed by atoms with E-state index in [4.69, 9.17) is 11.6 Å². The van der Waals surface area contributed by atoms with Crippen LogP contribution in [0.1, 0.15) is 16.5 Å². The van der Waals surface area contributed by atoms with Crippen molar-refractivity contribution < 1.29 is 0 Å². The molecule has 96 valence electrons. The van der Waals surface area contributed by atoms with Gasteiger partial charge in [-0.05, 0) is 62.7 Å². The van der Waals surface area contributed by atoms with Gasteiger partial charge >= 0.3 is 0 Å². The van der Waals surface area contributed by atoms with Crippen molar-refractivity contribution >= 4 is 54.8 Å². The fourth-order valence-corrected chi connectivity index (χ4v) is 3.99. The average molecular weight is 410 g/mol. The fraction of sp³-hybridized carbons (Fsp3) is 0.231. The third kappa shape index (κ3) is 3.36. The molecule has 1 N–H and O–H groups in total. The van der Waals surface area contributed by atoms with E-state index in [1.54, 1.807) is 11.3 Å². The van der Waals surface area contributed by atoms with Crippen LogP contribution in [-0.4, -0.2) is 7.05 Å². The third-order valence-corrected chi connectivity index (χ3v) is 5.70. The molecule has 2 aromatic rings. The molecule has 1 atom stereocenters. The van der Waals surface area contributed by atoms with Crippen molar-refractivity contribution in [3.05, 3.63) is 54.1 Å². The summed E-state index contributed by atoms with van der Waals surface area (Å²) in [5.74, 6) is 0. The number of nitrogens with one attached hydrogen (secondary N) is 1. The molecule has 0 amide bonds. The van der Waals surface area contributed by atoms with E-state index >= 15 is 0 Å². The van der Waals surface area contributed by atoms with Gasteiger partial charge in [-0.3, -0.25) is 0 Å². The van der Waals surface area contributed by atoms with E-state index in [0.29, 0.717) is 0 Å². The van der Waals surface area contributed by atoms with Crippen LogP contribution in [0.3, 0.4) is 0 Å². The van der Waals surface area contributed by atoms with E-state index in [9.17, 15) is 0 Å². The zero-order valence-corrected chi connectivity index (χ0v) is 14.5. The van der Waals surface area contributed by atoms with E-state index in [1.807, 2.05) is 19.2 Å². The maximum Gasteiger partial charge on any atom is 0.0701 e. The monoisotopic (exact) mass is 407 g/mol. The molecule has 0 radical (unpaired) electrons. The van der Waals surface area contributed by atoms with Gasteiger partial charge in [-0.2, -0.15) is 0 Å². The van der Waals surface area contributed by atoms with E-state index < -0.39 is 0 Å². The van der Waals surface area contributed by atoms with E-state index in [2.05, 4.69) is 55.4 Å². The second-order valence-corrected chi connectivity index (χ2v) is 7.67. The highest BCUT2D eigenvalue weighted by molar-refractivity contribution is 9.11. The molecule has 0 saturated carbocycles. The van der Waals surface area contributed by atoms with Gasteiger partial charge in [-0.15, -0.1) is 11.3 Å². The van der Waals surface area contributed by atoms with Crippen LogP contribution in [0.15, 0.2) is 38.6 Å². The second-order valence-electron chi connectivity index (χ2n) is 3.89. The summed E-state index contributed by atoms with van der Waals surface area (Å²) in [5, 5.41) is 4.11. The van der Waals surface area contributed by atoms with Gasteiger partial charge in [0.1, 0.15) is 0 Å². The summed E-state index contributed by atoms with van der Waals surface area (Å²) < 4.78 is 2.10. The molecule has 2 rings (SSSR count). The zero-order chi connectivity index (χ0) is 13.1. The lowest BCUT2D eigenvalue weighted by atomic mass is 10.0. The lowest BCUT2D eigenvalue weighted by Gasteiger charge is -2.18. The SMILES string of the molecule is CNC(Cc1ccc(Br)s1)c1cccc(Br)c1Cl. The Hall–Kier alpha value is 0.130. The summed E-state index contributed by atoms with van der Waals surface area (Å²) in [6.45, 7) is 0. The Labute approximate surface area is 133 Å². The van der Waals surface area contributed by atoms with Crippen molar-refractivity contribution in [2.75, 3.05) is 7.05 Å². The molecule has 1 heterocycles. The molecule has 0 aliphatic rings. The molecular formula is C13H12Br2ClNS. The van der Waals surface area contributed by atoms with Crippen molar-refractivity contribution in [3.8, 4) is 0 Å². The molecule has 0 bridgehead atoms. The lowest BCUT2D eigenvalue weighted by Crippen LogP contribution is -2.18. The van der Waals surface area contributed by atoms with Crippen molar-refractivity contribution in [2.24, 2.45) is 0 Å².